The number of nitrogen functional groups attached to an aromatic ring is 1. The predicted octanol–water partition coefficient (Wildman–Crippen LogP) is 0.199. The number of pyridine rings is 1. The molecule has 0 amide bonds. The summed E-state index contributed by atoms with van der Waals surface area (Å²) in [6, 6.07) is 3.67. The van der Waals surface area contributed by atoms with Gasteiger partial charge in [-0.05, 0) is 18.1 Å². The summed E-state index contributed by atoms with van der Waals surface area (Å²) in [5.74, 6) is 0.511. The van der Waals surface area contributed by atoms with Crippen molar-refractivity contribution in [1.29, 1.82) is 0 Å². The van der Waals surface area contributed by atoms with Crippen LogP contribution in [-0.2, 0) is 6.42 Å². The molecule has 0 aromatic carbocycles. The number of nitrogens with zero attached hydrogens (tertiary/aromatic N) is 1. The van der Waals surface area contributed by atoms with Crippen LogP contribution in [0.3, 0.4) is 0 Å². The fraction of sp³-hybridized carbons (Fsp3) is 0.286. The van der Waals surface area contributed by atoms with Gasteiger partial charge in [0.25, 0.3) is 0 Å². The van der Waals surface area contributed by atoms with E-state index < -0.39 is 0 Å². The zero-order chi connectivity index (χ0) is 7.40. The molecule has 0 saturated heterocycles. The minimum Gasteiger partial charge on any atom is -0.396 e. The molecule has 3 N–H and O–H groups in total. The van der Waals surface area contributed by atoms with Gasteiger partial charge in [0.2, 0.25) is 0 Å². The molecule has 1 rings (SSSR count). The predicted molar refractivity (Wildman–Crippen MR) is 39.4 cm³/mol. The Kier molecular flexibility index (Phi) is 2.23. The van der Waals surface area contributed by atoms with Gasteiger partial charge in [0, 0.05) is 12.8 Å². The highest BCUT2D eigenvalue weighted by atomic mass is 16.2. The van der Waals surface area contributed by atoms with E-state index in [1.54, 1.807) is 12.3 Å². The maximum atomic E-state index is 8.56. The Morgan fingerprint density at radius 2 is 2.40 bits per heavy atom. The molecule has 0 aliphatic rings. The molecule has 10 heavy (non-hydrogen) atoms. The zero-order valence-electron chi connectivity index (χ0n) is 5.62. The van der Waals surface area contributed by atoms with Gasteiger partial charge in [0.15, 0.2) is 0 Å². The lowest BCUT2D eigenvalue weighted by Gasteiger charge is -1.99. The molecular formula is C7H10N2O. The standard InChI is InChI=1S/C7H10N2O/c8-7-6(3-5-10)2-1-4-9-7/h1-2,4,10H,3,5H2,(H2,8,9). The minimum atomic E-state index is 0.121. The van der Waals surface area contributed by atoms with Gasteiger partial charge in [-0.1, -0.05) is 6.07 Å². The second-order valence-corrected chi connectivity index (χ2v) is 2.02. The van der Waals surface area contributed by atoms with Crippen LogP contribution in [0.4, 0.5) is 5.82 Å². The fourth-order valence-electron chi connectivity index (χ4n) is 0.783. The first-order chi connectivity index (χ1) is 4.84. The Balaban J connectivity index is 2.81. The van der Waals surface area contributed by atoms with Gasteiger partial charge in [-0.3, -0.25) is 0 Å². The molecule has 0 bridgehead atoms. The fourth-order valence-corrected chi connectivity index (χ4v) is 0.783. The van der Waals surface area contributed by atoms with Crippen molar-refractivity contribution in [1.82, 2.24) is 4.98 Å². The number of aromatic nitrogens is 1. The van der Waals surface area contributed by atoms with Crippen molar-refractivity contribution in [2.75, 3.05) is 12.3 Å². The van der Waals surface area contributed by atoms with E-state index in [0.717, 1.165) is 5.56 Å². The monoisotopic (exact) mass is 138 g/mol. The lowest BCUT2D eigenvalue weighted by atomic mass is 10.2. The van der Waals surface area contributed by atoms with Crippen LogP contribution in [0.2, 0.25) is 0 Å². The van der Waals surface area contributed by atoms with Crippen LogP contribution in [0, 0.1) is 0 Å². The SMILES string of the molecule is Nc1ncccc1CCO. The normalized spacial score (nSPS) is 9.70. The molecule has 0 aliphatic heterocycles. The summed E-state index contributed by atoms with van der Waals surface area (Å²) in [6.45, 7) is 0.121. The highest BCUT2D eigenvalue weighted by Crippen LogP contribution is 2.06. The van der Waals surface area contributed by atoms with E-state index in [-0.39, 0.29) is 6.61 Å². The average molecular weight is 138 g/mol. The summed E-state index contributed by atoms with van der Waals surface area (Å²) in [4.78, 5) is 3.86. The van der Waals surface area contributed by atoms with Gasteiger partial charge in [-0.15, -0.1) is 0 Å². The van der Waals surface area contributed by atoms with E-state index in [0.29, 0.717) is 12.2 Å². The van der Waals surface area contributed by atoms with Gasteiger partial charge in [0.1, 0.15) is 5.82 Å². The third-order valence-electron chi connectivity index (χ3n) is 1.31. The van der Waals surface area contributed by atoms with E-state index >= 15 is 0 Å². The summed E-state index contributed by atoms with van der Waals surface area (Å²) >= 11 is 0. The van der Waals surface area contributed by atoms with Crippen molar-refractivity contribution in [3.05, 3.63) is 23.9 Å². The minimum absolute atomic E-state index is 0.121. The number of aliphatic hydroxyl groups is 1. The largest absolute Gasteiger partial charge is 0.396 e. The topological polar surface area (TPSA) is 59.1 Å². The van der Waals surface area contributed by atoms with Crippen molar-refractivity contribution >= 4 is 5.82 Å². The van der Waals surface area contributed by atoms with Gasteiger partial charge >= 0.3 is 0 Å². The van der Waals surface area contributed by atoms with E-state index in [1.165, 1.54) is 0 Å². The van der Waals surface area contributed by atoms with Gasteiger partial charge < -0.3 is 10.8 Å². The molecule has 0 fully saturated rings. The zero-order valence-corrected chi connectivity index (χ0v) is 5.62. The molecule has 54 valence electrons. The first-order valence-corrected chi connectivity index (χ1v) is 3.15. The molecule has 3 heteroatoms. The van der Waals surface area contributed by atoms with Crippen molar-refractivity contribution in [2.45, 2.75) is 6.42 Å². The van der Waals surface area contributed by atoms with Crippen molar-refractivity contribution in [3.63, 3.8) is 0 Å². The molecular weight excluding hydrogens is 128 g/mol. The molecule has 0 unspecified atom stereocenters. The Labute approximate surface area is 59.5 Å². The Bertz CT molecular complexity index is 213. The van der Waals surface area contributed by atoms with Crippen LogP contribution in [0.5, 0.6) is 0 Å². The van der Waals surface area contributed by atoms with Crippen LogP contribution in [0.25, 0.3) is 0 Å². The number of aliphatic hydroxyl groups excluding tert-OH is 1. The van der Waals surface area contributed by atoms with Crippen LogP contribution in [-0.4, -0.2) is 16.7 Å². The number of hydrogen-bond acceptors (Lipinski definition) is 3. The van der Waals surface area contributed by atoms with Gasteiger partial charge in [-0.2, -0.15) is 0 Å². The Hall–Kier alpha value is -1.09. The summed E-state index contributed by atoms with van der Waals surface area (Å²) in [5, 5.41) is 8.56. The highest BCUT2D eigenvalue weighted by Gasteiger charge is 1.95. The molecule has 0 saturated carbocycles. The molecule has 0 spiro atoms. The number of anilines is 1. The Morgan fingerprint density at radius 1 is 1.60 bits per heavy atom. The Morgan fingerprint density at radius 3 is 3.00 bits per heavy atom. The van der Waals surface area contributed by atoms with Crippen LogP contribution >= 0.6 is 0 Å². The van der Waals surface area contributed by atoms with Crippen LogP contribution < -0.4 is 5.73 Å². The van der Waals surface area contributed by atoms with E-state index in [1.807, 2.05) is 6.07 Å². The highest BCUT2D eigenvalue weighted by molar-refractivity contribution is 5.38. The van der Waals surface area contributed by atoms with E-state index in [4.69, 9.17) is 10.8 Å². The van der Waals surface area contributed by atoms with Crippen LogP contribution in [0.15, 0.2) is 18.3 Å². The van der Waals surface area contributed by atoms with Gasteiger partial charge in [-0.25, -0.2) is 4.98 Å². The molecule has 0 atom stereocenters. The third kappa shape index (κ3) is 1.45. The molecule has 1 heterocycles. The molecule has 3 nitrogen and oxygen atoms in total. The quantitative estimate of drug-likeness (QED) is 0.613. The summed E-state index contributed by atoms with van der Waals surface area (Å²) in [5.41, 5.74) is 6.39. The first kappa shape index (κ1) is 7.02. The molecule has 1 aromatic heterocycles. The van der Waals surface area contributed by atoms with Crippen molar-refractivity contribution in [2.24, 2.45) is 0 Å². The van der Waals surface area contributed by atoms with E-state index in [9.17, 15) is 0 Å². The summed E-state index contributed by atoms with van der Waals surface area (Å²) < 4.78 is 0. The molecule has 0 radical (unpaired) electrons. The maximum absolute atomic E-state index is 8.56. The lowest BCUT2D eigenvalue weighted by molar-refractivity contribution is 0.299. The summed E-state index contributed by atoms with van der Waals surface area (Å²) in [7, 11) is 0. The van der Waals surface area contributed by atoms with E-state index in [2.05, 4.69) is 4.98 Å². The molecule has 1 aromatic rings. The average Bonchev–Trinajstić information content (AvgIpc) is 1.94. The second kappa shape index (κ2) is 3.17. The second-order valence-electron chi connectivity index (χ2n) is 2.02. The van der Waals surface area contributed by atoms with Gasteiger partial charge in [0.05, 0.1) is 0 Å². The number of hydrogen-bond donors (Lipinski definition) is 2. The van der Waals surface area contributed by atoms with Crippen molar-refractivity contribution < 1.29 is 5.11 Å². The smallest absolute Gasteiger partial charge is 0.126 e. The van der Waals surface area contributed by atoms with Crippen LogP contribution in [0.1, 0.15) is 5.56 Å². The maximum Gasteiger partial charge on any atom is 0.126 e. The molecule has 0 aliphatic carbocycles. The number of rotatable bonds is 2. The first-order valence-electron chi connectivity index (χ1n) is 3.15. The lowest BCUT2D eigenvalue weighted by Crippen LogP contribution is -1.98. The number of nitrogens with two attached hydrogens (primary N) is 1. The van der Waals surface area contributed by atoms with Crippen molar-refractivity contribution in [3.8, 4) is 0 Å². The third-order valence-corrected chi connectivity index (χ3v) is 1.31. The summed E-state index contributed by atoms with van der Waals surface area (Å²) in [6.07, 6.45) is 2.22.